The lowest BCUT2D eigenvalue weighted by atomic mass is 10.1. The van der Waals surface area contributed by atoms with Gasteiger partial charge in [0, 0.05) is 17.1 Å². The van der Waals surface area contributed by atoms with E-state index in [1.165, 1.54) is 17.1 Å². The maximum Gasteiger partial charge on any atom is 0.200 e. The van der Waals surface area contributed by atoms with Crippen molar-refractivity contribution in [2.24, 2.45) is 0 Å². The Kier molecular flexibility index (Phi) is 2.45. The molecule has 2 aromatic rings. The van der Waals surface area contributed by atoms with E-state index in [1.54, 1.807) is 0 Å². The lowest BCUT2D eigenvalue weighted by molar-refractivity contribution is 1.14. The van der Waals surface area contributed by atoms with Gasteiger partial charge in [-0.15, -0.1) is 0 Å². The molecule has 3 nitrogen and oxygen atoms in total. The van der Waals surface area contributed by atoms with Crippen LogP contribution >= 0.6 is 11.5 Å². The first kappa shape index (κ1) is 9.15. The fourth-order valence-electron chi connectivity index (χ4n) is 1.24. The van der Waals surface area contributed by atoms with Gasteiger partial charge in [0.2, 0.25) is 0 Å². The van der Waals surface area contributed by atoms with Crippen LogP contribution in [0.15, 0.2) is 24.3 Å². The first-order valence-electron chi connectivity index (χ1n) is 4.48. The predicted octanol–water partition coefficient (Wildman–Crippen LogP) is 2.35. The molecule has 0 amide bonds. The highest BCUT2D eigenvalue weighted by Gasteiger charge is 2.03. The van der Waals surface area contributed by atoms with E-state index in [-0.39, 0.29) is 0 Å². The minimum atomic E-state index is 0.513. The van der Waals surface area contributed by atoms with E-state index in [0.717, 1.165) is 17.8 Å². The summed E-state index contributed by atoms with van der Waals surface area (Å²) in [6, 6.07) is 8.24. The third kappa shape index (κ3) is 1.75. The lowest BCUT2D eigenvalue weighted by Crippen LogP contribution is -1.85. The second-order valence-electron chi connectivity index (χ2n) is 3.01. The van der Waals surface area contributed by atoms with Gasteiger partial charge in [-0.2, -0.15) is 9.36 Å². The summed E-state index contributed by atoms with van der Waals surface area (Å²) in [5, 5.41) is 0.513. The Labute approximate surface area is 86.8 Å². The van der Waals surface area contributed by atoms with Gasteiger partial charge in [-0.1, -0.05) is 31.2 Å². The largest absolute Gasteiger partial charge is 0.374 e. The summed E-state index contributed by atoms with van der Waals surface area (Å²) in [4.78, 5) is 4.12. The smallest absolute Gasteiger partial charge is 0.200 e. The van der Waals surface area contributed by atoms with Crippen LogP contribution < -0.4 is 5.73 Å². The van der Waals surface area contributed by atoms with Gasteiger partial charge in [0.05, 0.1) is 0 Å². The van der Waals surface area contributed by atoms with E-state index in [2.05, 4.69) is 28.4 Å². The van der Waals surface area contributed by atoms with Crippen LogP contribution in [0.3, 0.4) is 0 Å². The van der Waals surface area contributed by atoms with Crippen LogP contribution in [0.1, 0.15) is 12.5 Å². The van der Waals surface area contributed by atoms with Gasteiger partial charge in [0.15, 0.2) is 11.0 Å². The molecular formula is C10H11N3S. The molecule has 2 N–H and O–H groups in total. The van der Waals surface area contributed by atoms with E-state index in [0.29, 0.717) is 5.13 Å². The van der Waals surface area contributed by atoms with Crippen molar-refractivity contribution in [3.63, 3.8) is 0 Å². The molecule has 0 aliphatic heterocycles. The predicted molar refractivity (Wildman–Crippen MR) is 59.1 cm³/mol. The molecule has 14 heavy (non-hydrogen) atoms. The Morgan fingerprint density at radius 2 is 2.00 bits per heavy atom. The molecule has 0 spiro atoms. The van der Waals surface area contributed by atoms with Gasteiger partial charge in [-0.05, 0) is 12.0 Å². The normalized spacial score (nSPS) is 10.4. The average Bonchev–Trinajstić information content (AvgIpc) is 2.65. The van der Waals surface area contributed by atoms with Gasteiger partial charge >= 0.3 is 0 Å². The van der Waals surface area contributed by atoms with Gasteiger partial charge in [0.25, 0.3) is 0 Å². The summed E-state index contributed by atoms with van der Waals surface area (Å²) >= 11 is 1.23. The van der Waals surface area contributed by atoms with Gasteiger partial charge in [0.1, 0.15) is 0 Å². The number of hydrogen-bond acceptors (Lipinski definition) is 4. The van der Waals surface area contributed by atoms with Crippen LogP contribution in [0.4, 0.5) is 5.13 Å². The second kappa shape index (κ2) is 3.75. The summed E-state index contributed by atoms with van der Waals surface area (Å²) in [5.74, 6) is 0.718. The average molecular weight is 205 g/mol. The number of aromatic nitrogens is 2. The maximum absolute atomic E-state index is 5.52. The van der Waals surface area contributed by atoms with Crippen LogP contribution in [-0.4, -0.2) is 9.36 Å². The van der Waals surface area contributed by atoms with Gasteiger partial charge in [-0.3, -0.25) is 0 Å². The molecule has 72 valence electrons. The number of nitrogens with zero attached hydrogens (tertiary/aromatic N) is 2. The molecule has 0 bridgehead atoms. The standard InChI is InChI=1S/C10H11N3S/c1-2-7-3-5-8(6-4-7)9-12-10(11)14-13-9/h3-6H,2H2,1H3,(H2,11,12,13). The first-order chi connectivity index (χ1) is 6.79. The van der Waals surface area contributed by atoms with E-state index in [9.17, 15) is 0 Å². The monoisotopic (exact) mass is 205 g/mol. The van der Waals surface area contributed by atoms with Crippen LogP contribution in [0.2, 0.25) is 0 Å². The SMILES string of the molecule is CCc1ccc(-c2nsc(N)n2)cc1. The van der Waals surface area contributed by atoms with Crippen molar-refractivity contribution in [1.29, 1.82) is 0 Å². The Balaban J connectivity index is 2.33. The Morgan fingerprint density at radius 3 is 2.50 bits per heavy atom. The van der Waals surface area contributed by atoms with E-state index in [1.807, 2.05) is 12.1 Å². The van der Waals surface area contributed by atoms with Crippen molar-refractivity contribution in [1.82, 2.24) is 9.36 Å². The second-order valence-corrected chi connectivity index (χ2v) is 3.79. The number of aryl methyl sites for hydroxylation is 1. The lowest BCUT2D eigenvalue weighted by Gasteiger charge is -1.97. The molecule has 0 aliphatic rings. The fourth-order valence-corrected chi connectivity index (χ4v) is 1.70. The van der Waals surface area contributed by atoms with Crippen molar-refractivity contribution in [3.05, 3.63) is 29.8 Å². The fraction of sp³-hybridized carbons (Fsp3) is 0.200. The Bertz CT molecular complexity index is 419. The minimum absolute atomic E-state index is 0.513. The Hall–Kier alpha value is -1.42. The summed E-state index contributed by atoms with van der Waals surface area (Å²) in [7, 11) is 0. The van der Waals surface area contributed by atoms with Gasteiger partial charge < -0.3 is 5.73 Å². The minimum Gasteiger partial charge on any atom is -0.374 e. The summed E-state index contributed by atoms with van der Waals surface area (Å²) in [6.07, 6.45) is 1.05. The quantitative estimate of drug-likeness (QED) is 0.818. The molecule has 0 fully saturated rings. The van der Waals surface area contributed by atoms with E-state index >= 15 is 0 Å². The highest BCUT2D eigenvalue weighted by atomic mass is 32.1. The molecule has 0 aliphatic carbocycles. The van der Waals surface area contributed by atoms with E-state index < -0.39 is 0 Å². The summed E-state index contributed by atoms with van der Waals surface area (Å²) < 4.78 is 4.15. The molecule has 1 heterocycles. The zero-order chi connectivity index (χ0) is 9.97. The van der Waals surface area contributed by atoms with Crippen molar-refractivity contribution in [2.75, 3.05) is 5.73 Å². The number of nitrogen functional groups attached to an aromatic ring is 1. The molecule has 1 aromatic heterocycles. The van der Waals surface area contributed by atoms with Crippen molar-refractivity contribution < 1.29 is 0 Å². The number of hydrogen-bond donors (Lipinski definition) is 1. The zero-order valence-electron chi connectivity index (χ0n) is 7.90. The zero-order valence-corrected chi connectivity index (χ0v) is 8.71. The molecule has 0 saturated carbocycles. The number of rotatable bonds is 2. The third-order valence-electron chi connectivity index (χ3n) is 2.06. The molecular weight excluding hydrogens is 194 g/mol. The molecule has 0 saturated heterocycles. The van der Waals surface area contributed by atoms with Crippen molar-refractivity contribution in [3.8, 4) is 11.4 Å². The van der Waals surface area contributed by atoms with Crippen LogP contribution in [0.25, 0.3) is 11.4 Å². The molecule has 4 heteroatoms. The van der Waals surface area contributed by atoms with Crippen LogP contribution in [-0.2, 0) is 6.42 Å². The molecule has 0 radical (unpaired) electrons. The van der Waals surface area contributed by atoms with Crippen molar-refractivity contribution >= 4 is 16.7 Å². The topological polar surface area (TPSA) is 51.8 Å². The molecule has 0 unspecified atom stereocenters. The highest BCUT2D eigenvalue weighted by Crippen LogP contribution is 2.19. The molecule has 0 atom stereocenters. The first-order valence-corrected chi connectivity index (χ1v) is 5.25. The van der Waals surface area contributed by atoms with E-state index in [4.69, 9.17) is 5.73 Å². The number of benzene rings is 1. The summed E-state index contributed by atoms with van der Waals surface area (Å²) in [6.45, 7) is 2.13. The van der Waals surface area contributed by atoms with Gasteiger partial charge in [-0.25, -0.2) is 0 Å². The van der Waals surface area contributed by atoms with Crippen LogP contribution in [0.5, 0.6) is 0 Å². The molecule has 2 rings (SSSR count). The number of nitrogens with two attached hydrogens (primary N) is 1. The van der Waals surface area contributed by atoms with Crippen molar-refractivity contribution in [2.45, 2.75) is 13.3 Å². The number of anilines is 1. The summed E-state index contributed by atoms with van der Waals surface area (Å²) in [5.41, 5.74) is 7.86. The van der Waals surface area contributed by atoms with Crippen LogP contribution in [0, 0.1) is 0 Å². The highest BCUT2D eigenvalue weighted by molar-refractivity contribution is 7.09. The Morgan fingerprint density at radius 1 is 1.29 bits per heavy atom. The third-order valence-corrected chi connectivity index (χ3v) is 2.60. The molecule has 1 aromatic carbocycles. The maximum atomic E-state index is 5.52.